The van der Waals surface area contributed by atoms with Gasteiger partial charge in [0.2, 0.25) is 0 Å². The van der Waals surface area contributed by atoms with Crippen molar-refractivity contribution in [2.75, 3.05) is 26.3 Å². The molecule has 0 bridgehead atoms. The molecule has 1 fully saturated rings. The number of carbonyl (C=O) groups is 1. The van der Waals surface area contributed by atoms with Crippen molar-refractivity contribution in [3.8, 4) is 0 Å². The highest BCUT2D eigenvalue weighted by Crippen LogP contribution is 2.21. The summed E-state index contributed by atoms with van der Waals surface area (Å²) in [6.07, 6.45) is 1.83. The molecule has 0 aliphatic carbocycles. The van der Waals surface area contributed by atoms with E-state index in [4.69, 9.17) is 9.84 Å². The second-order valence-electron chi connectivity index (χ2n) is 5.05. The molecule has 0 aromatic heterocycles. The third-order valence-corrected chi connectivity index (χ3v) is 4.45. The first kappa shape index (κ1) is 15.5. The van der Waals surface area contributed by atoms with Crippen LogP contribution in [0.1, 0.15) is 28.8 Å². The second-order valence-corrected chi connectivity index (χ2v) is 5.90. The molecule has 1 aliphatic rings. The minimum Gasteiger partial charge on any atom is -0.394 e. The van der Waals surface area contributed by atoms with E-state index in [-0.39, 0.29) is 18.6 Å². The van der Waals surface area contributed by atoms with Gasteiger partial charge in [0.05, 0.1) is 19.3 Å². The van der Waals surface area contributed by atoms with Gasteiger partial charge in [-0.2, -0.15) is 0 Å². The quantitative estimate of drug-likeness (QED) is 0.914. The summed E-state index contributed by atoms with van der Waals surface area (Å²) in [4.78, 5) is 14.3. The Labute approximate surface area is 127 Å². The average molecular weight is 342 g/mol. The zero-order chi connectivity index (χ0) is 14.5. The zero-order valence-corrected chi connectivity index (χ0v) is 13.2. The van der Waals surface area contributed by atoms with Gasteiger partial charge in [-0.05, 0) is 37.5 Å². The van der Waals surface area contributed by atoms with Crippen LogP contribution in [0.25, 0.3) is 0 Å². The normalized spacial score (nSPS) is 16.4. The van der Waals surface area contributed by atoms with Crippen LogP contribution in [0.15, 0.2) is 22.7 Å². The Hall–Kier alpha value is -0.910. The van der Waals surface area contributed by atoms with Crippen LogP contribution in [0.4, 0.5) is 0 Å². The smallest absolute Gasteiger partial charge is 0.253 e. The molecule has 0 spiro atoms. The van der Waals surface area contributed by atoms with E-state index in [0.29, 0.717) is 19.7 Å². The molecule has 1 aromatic rings. The summed E-state index contributed by atoms with van der Waals surface area (Å²) in [6.45, 7) is 3.85. The van der Waals surface area contributed by atoms with Crippen LogP contribution in [0.2, 0.25) is 0 Å². The maximum absolute atomic E-state index is 12.4. The topological polar surface area (TPSA) is 49.8 Å². The van der Waals surface area contributed by atoms with Crippen LogP contribution >= 0.6 is 15.9 Å². The van der Waals surface area contributed by atoms with E-state index < -0.39 is 0 Å². The number of carbonyl (C=O) groups excluding carboxylic acids is 1. The van der Waals surface area contributed by atoms with Gasteiger partial charge >= 0.3 is 0 Å². The molecular weight excluding hydrogens is 322 g/mol. The molecule has 2 rings (SSSR count). The van der Waals surface area contributed by atoms with Gasteiger partial charge in [0.15, 0.2) is 0 Å². The Morgan fingerprint density at radius 2 is 2.15 bits per heavy atom. The molecule has 0 radical (unpaired) electrons. The monoisotopic (exact) mass is 341 g/mol. The van der Waals surface area contributed by atoms with Gasteiger partial charge < -0.3 is 14.7 Å². The summed E-state index contributed by atoms with van der Waals surface area (Å²) < 4.78 is 6.47. The standard InChI is InChI=1S/C15H20BrNO3/c1-11-2-3-12(10-14(11)16)15(19)17-6-4-13(5-7-17)20-9-8-18/h2-3,10,13,18H,4-9H2,1H3. The van der Waals surface area contributed by atoms with Crippen molar-refractivity contribution < 1.29 is 14.6 Å². The number of piperidine rings is 1. The number of ether oxygens (including phenoxy) is 1. The van der Waals surface area contributed by atoms with E-state index in [0.717, 1.165) is 28.4 Å². The predicted molar refractivity (Wildman–Crippen MR) is 80.8 cm³/mol. The van der Waals surface area contributed by atoms with E-state index in [2.05, 4.69) is 15.9 Å². The fraction of sp³-hybridized carbons (Fsp3) is 0.533. The highest BCUT2D eigenvalue weighted by molar-refractivity contribution is 9.10. The minimum atomic E-state index is 0.0521. The number of benzene rings is 1. The summed E-state index contributed by atoms with van der Waals surface area (Å²) in [5, 5.41) is 8.74. The molecule has 1 aromatic carbocycles. The Bertz CT molecular complexity index is 470. The molecule has 1 amide bonds. The summed E-state index contributed by atoms with van der Waals surface area (Å²) in [5.41, 5.74) is 1.84. The first-order valence-electron chi connectivity index (χ1n) is 6.89. The van der Waals surface area contributed by atoms with Gasteiger partial charge in [0, 0.05) is 23.1 Å². The summed E-state index contributed by atoms with van der Waals surface area (Å²) in [7, 11) is 0. The molecule has 0 unspecified atom stereocenters. The molecule has 0 atom stereocenters. The van der Waals surface area contributed by atoms with Crippen molar-refractivity contribution in [1.29, 1.82) is 0 Å². The van der Waals surface area contributed by atoms with Crippen LogP contribution in [0, 0.1) is 6.92 Å². The van der Waals surface area contributed by atoms with E-state index in [1.807, 2.05) is 30.0 Å². The maximum Gasteiger partial charge on any atom is 0.253 e. The number of rotatable bonds is 4. The molecule has 5 heteroatoms. The summed E-state index contributed by atoms with van der Waals surface area (Å²) in [6, 6.07) is 5.71. The van der Waals surface area contributed by atoms with Crippen LogP contribution < -0.4 is 0 Å². The maximum atomic E-state index is 12.4. The number of nitrogens with zero attached hydrogens (tertiary/aromatic N) is 1. The number of amides is 1. The predicted octanol–water partition coefficient (Wildman–Crippen LogP) is 2.37. The highest BCUT2D eigenvalue weighted by Gasteiger charge is 2.24. The van der Waals surface area contributed by atoms with Crippen LogP contribution in [0.3, 0.4) is 0 Å². The number of likely N-dealkylation sites (tertiary alicyclic amines) is 1. The van der Waals surface area contributed by atoms with Gasteiger partial charge in [-0.1, -0.05) is 22.0 Å². The SMILES string of the molecule is Cc1ccc(C(=O)N2CCC(OCCO)CC2)cc1Br. The fourth-order valence-corrected chi connectivity index (χ4v) is 2.73. The first-order valence-corrected chi connectivity index (χ1v) is 7.69. The second kappa shape index (κ2) is 7.20. The summed E-state index contributed by atoms with van der Waals surface area (Å²) in [5.74, 6) is 0.0753. The number of aliphatic hydroxyl groups is 1. The minimum absolute atomic E-state index is 0.0521. The number of hydrogen-bond acceptors (Lipinski definition) is 3. The van der Waals surface area contributed by atoms with Gasteiger partial charge in [0.25, 0.3) is 5.91 Å². The molecule has 20 heavy (non-hydrogen) atoms. The van der Waals surface area contributed by atoms with Gasteiger partial charge in [-0.25, -0.2) is 0 Å². The van der Waals surface area contributed by atoms with Crippen LogP contribution in [-0.2, 0) is 4.74 Å². The Morgan fingerprint density at radius 1 is 1.45 bits per heavy atom. The third kappa shape index (κ3) is 3.81. The van der Waals surface area contributed by atoms with Crippen molar-refractivity contribution in [3.63, 3.8) is 0 Å². The molecule has 1 N–H and O–H groups in total. The van der Waals surface area contributed by atoms with E-state index in [1.54, 1.807) is 0 Å². The molecule has 4 nitrogen and oxygen atoms in total. The van der Waals surface area contributed by atoms with Crippen molar-refractivity contribution in [1.82, 2.24) is 4.90 Å². The average Bonchev–Trinajstić information content (AvgIpc) is 2.48. The summed E-state index contributed by atoms with van der Waals surface area (Å²) >= 11 is 3.46. The molecule has 1 heterocycles. The van der Waals surface area contributed by atoms with Crippen molar-refractivity contribution in [2.45, 2.75) is 25.9 Å². The van der Waals surface area contributed by atoms with Crippen molar-refractivity contribution in [3.05, 3.63) is 33.8 Å². The molecule has 1 aliphatic heterocycles. The van der Waals surface area contributed by atoms with Gasteiger partial charge in [-0.3, -0.25) is 4.79 Å². The Morgan fingerprint density at radius 3 is 2.75 bits per heavy atom. The van der Waals surface area contributed by atoms with E-state index >= 15 is 0 Å². The molecular formula is C15H20BrNO3. The van der Waals surface area contributed by atoms with Gasteiger partial charge in [0.1, 0.15) is 0 Å². The molecule has 1 saturated heterocycles. The Kier molecular flexibility index (Phi) is 5.57. The lowest BCUT2D eigenvalue weighted by Crippen LogP contribution is -2.41. The van der Waals surface area contributed by atoms with Gasteiger partial charge in [-0.15, -0.1) is 0 Å². The highest BCUT2D eigenvalue weighted by atomic mass is 79.9. The lowest BCUT2D eigenvalue weighted by atomic mass is 10.1. The lowest BCUT2D eigenvalue weighted by Gasteiger charge is -2.32. The van der Waals surface area contributed by atoms with Crippen LogP contribution in [0.5, 0.6) is 0 Å². The third-order valence-electron chi connectivity index (χ3n) is 3.59. The van der Waals surface area contributed by atoms with E-state index in [1.165, 1.54) is 0 Å². The van der Waals surface area contributed by atoms with Crippen LogP contribution in [-0.4, -0.2) is 48.3 Å². The molecule has 110 valence electrons. The number of aryl methyl sites for hydroxylation is 1. The lowest BCUT2D eigenvalue weighted by molar-refractivity contribution is -0.00554. The number of hydrogen-bond donors (Lipinski definition) is 1. The van der Waals surface area contributed by atoms with Crippen molar-refractivity contribution in [2.24, 2.45) is 0 Å². The zero-order valence-electron chi connectivity index (χ0n) is 11.6. The number of halogens is 1. The first-order chi connectivity index (χ1) is 9.61. The van der Waals surface area contributed by atoms with Crippen molar-refractivity contribution >= 4 is 21.8 Å². The fourth-order valence-electron chi connectivity index (χ4n) is 2.35. The molecule has 0 saturated carbocycles. The van der Waals surface area contributed by atoms with E-state index in [9.17, 15) is 4.79 Å². The largest absolute Gasteiger partial charge is 0.394 e. The number of aliphatic hydroxyl groups excluding tert-OH is 1. The Balaban J connectivity index is 1.92.